The first kappa shape index (κ1) is 12.3. The fourth-order valence-electron chi connectivity index (χ4n) is 2.52. The van der Waals surface area contributed by atoms with E-state index in [9.17, 15) is 4.79 Å². The van der Waals surface area contributed by atoms with E-state index >= 15 is 0 Å². The van der Waals surface area contributed by atoms with Gasteiger partial charge in [-0.3, -0.25) is 4.79 Å². The van der Waals surface area contributed by atoms with Crippen LogP contribution in [0.1, 0.15) is 28.5 Å². The molecule has 2 aromatic rings. The number of Topliss-reactive ketones (excluding diaryl/α,β-unsaturated/α-hetero) is 1. The molecule has 0 unspecified atom stereocenters. The normalized spacial score (nSPS) is 13.2. The maximum absolute atomic E-state index is 11.5. The number of hydrogen-bond acceptors (Lipinski definition) is 2. The van der Waals surface area contributed by atoms with Crippen LogP contribution in [0.5, 0.6) is 5.75 Å². The van der Waals surface area contributed by atoms with Gasteiger partial charge in [0.2, 0.25) is 0 Å². The largest absolute Gasteiger partial charge is 0.493 e. The van der Waals surface area contributed by atoms with Gasteiger partial charge in [-0.15, -0.1) is 0 Å². The van der Waals surface area contributed by atoms with Crippen molar-refractivity contribution in [2.75, 3.05) is 6.61 Å². The van der Waals surface area contributed by atoms with Crippen LogP contribution >= 0.6 is 11.6 Å². The van der Waals surface area contributed by atoms with Crippen molar-refractivity contribution in [3.63, 3.8) is 0 Å². The molecule has 0 atom stereocenters. The summed E-state index contributed by atoms with van der Waals surface area (Å²) < 4.78 is 7.60. The molecule has 0 amide bonds. The predicted molar refractivity (Wildman–Crippen MR) is 74.2 cm³/mol. The number of halogens is 1. The lowest BCUT2D eigenvalue weighted by atomic mass is 10.1. The van der Waals surface area contributed by atoms with Gasteiger partial charge in [0, 0.05) is 30.1 Å². The molecule has 19 heavy (non-hydrogen) atoms. The van der Waals surface area contributed by atoms with E-state index < -0.39 is 0 Å². The minimum absolute atomic E-state index is 0.0598. The maximum Gasteiger partial charge on any atom is 0.176 e. The zero-order chi connectivity index (χ0) is 13.4. The molecule has 0 saturated carbocycles. The Labute approximate surface area is 116 Å². The number of nitrogens with zero attached hydrogens (tertiary/aromatic N) is 1. The van der Waals surface area contributed by atoms with Gasteiger partial charge in [-0.1, -0.05) is 11.6 Å². The van der Waals surface area contributed by atoms with Crippen molar-refractivity contribution >= 4 is 17.4 Å². The zero-order valence-electron chi connectivity index (χ0n) is 10.6. The molecule has 1 aliphatic rings. The Morgan fingerprint density at radius 1 is 1.47 bits per heavy atom. The molecule has 0 N–H and O–H groups in total. The highest BCUT2D eigenvalue weighted by molar-refractivity contribution is 6.30. The molecule has 0 radical (unpaired) electrons. The average Bonchev–Trinajstić information content (AvgIpc) is 2.96. The van der Waals surface area contributed by atoms with E-state index in [0.717, 1.165) is 28.3 Å². The van der Waals surface area contributed by atoms with Gasteiger partial charge in [-0.25, -0.2) is 0 Å². The summed E-state index contributed by atoms with van der Waals surface area (Å²) in [5.74, 6) is 0.984. The molecule has 0 aliphatic carbocycles. The van der Waals surface area contributed by atoms with Crippen LogP contribution in [-0.4, -0.2) is 17.0 Å². The zero-order valence-corrected chi connectivity index (χ0v) is 11.4. The van der Waals surface area contributed by atoms with E-state index in [4.69, 9.17) is 16.3 Å². The quantitative estimate of drug-likeness (QED) is 0.805. The summed E-state index contributed by atoms with van der Waals surface area (Å²) in [5.41, 5.74) is 2.88. The van der Waals surface area contributed by atoms with Crippen molar-refractivity contribution in [2.24, 2.45) is 0 Å². The van der Waals surface area contributed by atoms with Gasteiger partial charge in [-0.05, 0) is 29.8 Å². The van der Waals surface area contributed by atoms with Gasteiger partial charge in [0.25, 0.3) is 0 Å². The Morgan fingerprint density at radius 2 is 2.32 bits per heavy atom. The fraction of sp³-hybridized carbons (Fsp3) is 0.267. The van der Waals surface area contributed by atoms with Crippen LogP contribution < -0.4 is 4.74 Å². The van der Waals surface area contributed by atoms with E-state index in [-0.39, 0.29) is 5.78 Å². The van der Waals surface area contributed by atoms with E-state index in [1.807, 2.05) is 35.0 Å². The molecular weight excluding hydrogens is 262 g/mol. The van der Waals surface area contributed by atoms with Gasteiger partial charge in [0.15, 0.2) is 5.78 Å². The minimum atomic E-state index is 0.0598. The summed E-state index contributed by atoms with van der Waals surface area (Å²) >= 11 is 6.14. The summed E-state index contributed by atoms with van der Waals surface area (Å²) in [6, 6.07) is 7.57. The number of ether oxygens (including phenoxy) is 1. The minimum Gasteiger partial charge on any atom is -0.493 e. The van der Waals surface area contributed by atoms with Crippen LogP contribution in [0.25, 0.3) is 0 Å². The third-order valence-electron chi connectivity index (χ3n) is 3.36. The first-order valence-corrected chi connectivity index (χ1v) is 6.63. The summed E-state index contributed by atoms with van der Waals surface area (Å²) in [6.07, 6.45) is 2.80. The molecule has 98 valence electrons. The fourth-order valence-corrected chi connectivity index (χ4v) is 2.78. The molecule has 0 bridgehead atoms. The van der Waals surface area contributed by atoms with Crippen LogP contribution in [0.2, 0.25) is 5.02 Å². The Morgan fingerprint density at radius 3 is 3.11 bits per heavy atom. The molecule has 0 spiro atoms. The number of rotatable bonds is 3. The molecule has 1 aliphatic heterocycles. The Hall–Kier alpha value is -1.74. The van der Waals surface area contributed by atoms with Crippen LogP contribution in [0.15, 0.2) is 30.5 Å². The molecule has 1 aromatic carbocycles. The molecule has 3 rings (SSSR count). The predicted octanol–water partition coefficient (Wildman–Crippen LogP) is 3.33. The van der Waals surface area contributed by atoms with Gasteiger partial charge in [-0.2, -0.15) is 0 Å². The lowest BCUT2D eigenvalue weighted by molar-refractivity contribution is 0.100. The number of fused-ring (bicyclic) bond motifs is 1. The van der Waals surface area contributed by atoms with E-state index in [0.29, 0.717) is 18.8 Å². The Balaban J connectivity index is 2.00. The van der Waals surface area contributed by atoms with Crippen LogP contribution in [0.3, 0.4) is 0 Å². The number of carbonyl (C=O) groups is 1. The highest BCUT2D eigenvalue weighted by Crippen LogP contribution is 2.33. The van der Waals surface area contributed by atoms with Gasteiger partial charge in [0.1, 0.15) is 5.75 Å². The molecule has 0 fully saturated rings. The summed E-state index contributed by atoms with van der Waals surface area (Å²) in [4.78, 5) is 11.5. The van der Waals surface area contributed by atoms with Gasteiger partial charge < -0.3 is 9.30 Å². The van der Waals surface area contributed by atoms with E-state index in [1.165, 1.54) is 0 Å². The second kappa shape index (κ2) is 4.74. The molecule has 0 saturated heterocycles. The van der Waals surface area contributed by atoms with E-state index in [2.05, 4.69) is 0 Å². The SMILES string of the molecule is CC(=O)c1cccn1Cc1cc(Cl)cc2c1OCC2. The van der Waals surface area contributed by atoms with Crippen molar-refractivity contribution in [3.8, 4) is 5.75 Å². The monoisotopic (exact) mass is 275 g/mol. The third-order valence-corrected chi connectivity index (χ3v) is 3.57. The van der Waals surface area contributed by atoms with Crippen molar-refractivity contribution in [2.45, 2.75) is 19.9 Å². The number of hydrogen-bond donors (Lipinski definition) is 0. The number of aromatic nitrogens is 1. The molecule has 1 aromatic heterocycles. The Kier molecular flexibility index (Phi) is 3.07. The summed E-state index contributed by atoms with van der Waals surface area (Å²) in [6.45, 7) is 2.88. The van der Waals surface area contributed by atoms with E-state index in [1.54, 1.807) is 6.92 Å². The Bertz CT molecular complexity index is 646. The summed E-state index contributed by atoms with van der Waals surface area (Å²) in [5, 5.41) is 0.718. The molecule has 2 heterocycles. The van der Waals surface area contributed by atoms with Crippen molar-refractivity contribution < 1.29 is 9.53 Å². The topological polar surface area (TPSA) is 31.2 Å². The molecule has 3 nitrogen and oxygen atoms in total. The first-order valence-electron chi connectivity index (χ1n) is 6.25. The van der Waals surface area contributed by atoms with Crippen LogP contribution in [-0.2, 0) is 13.0 Å². The van der Waals surface area contributed by atoms with Crippen LogP contribution in [0.4, 0.5) is 0 Å². The van der Waals surface area contributed by atoms with Gasteiger partial charge >= 0.3 is 0 Å². The third kappa shape index (κ3) is 2.26. The van der Waals surface area contributed by atoms with Crippen LogP contribution in [0, 0.1) is 0 Å². The second-order valence-corrected chi connectivity index (χ2v) is 5.17. The smallest absolute Gasteiger partial charge is 0.176 e. The van der Waals surface area contributed by atoms with Gasteiger partial charge in [0.05, 0.1) is 18.8 Å². The highest BCUT2D eigenvalue weighted by Gasteiger charge is 2.18. The van der Waals surface area contributed by atoms with Crippen molar-refractivity contribution in [3.05, 3.63) is 52.3 Å². The lowest BCUT2D eigenvalue weighted by Gasteiger charge is -2.11. The number of ketones is 1. The number of benzene rings is 1. The van der Waals surface area contributed by atoms with Crippen molar-refractivity contribution in [1.29, 1.82) is 0 Å². The second-order valence-electron chi connectivity index (χ2n) is 4.73. The number of carbonyl (C=O) groups excluding carboxylic acids is 1. The standard InChI is InChI=1S/C15H14ClNO2/c1-10(18)14-3-2-5-17(14)9-12-8-13(16)7-11-4-6-19-15(11)12/h2-3,5,7-8H,4,6,9H2,1H3. The molecular formula is C15H14ClNO2. The molecule has 4 heteroatoms. The summed E-state index contributed by atoms with van der Waals surface area (Å²) in [7, 11) is 0. The highest BCUT2D eigenvalue weighted by atomic mass is 35.5. The lowest BCUT2D eigenvalue weighted by Crippen LogP contribution is -2.07. The first-order chi connectivity index (χ1) is 9.15. The maximum atomic E-state index is 11.5. The average molecular weight is 276 g/mol. The van der Waals surface area contributed by atoms with Crippen molar-refractivity contribution in [1.82, 2.24) is 4.57 Å².